The molecular formula is C18H18FN5O3. The predicted molar refractivity (Wildman–Crippen MR) is 94.1 cm³/mol. The Labute approximate surface area is 153 Å². The zero-order valence-electron chi connectivity index (χ0n) is 14.6. The number of rotatable bonds is 3. The molecule has 3 heterocycles. The second-order valence-corrected chi connectivity index (χ2v) is 6.67. The Bertz CT molecular complexity index is 1030. The molecule has 0 aliphatic carbocycles. The minimum absolute atomic E-state index is 0.0278. The Morgan fingerprint density at radius 1 is 1.26 bits per heavy atom. The molecule has 1 aliphatic rings. The number of carbonyl (C=O) groups excluding carboxylic acids is 1. The van der Waals surface area contributed by atoms with Crippen LogP contribution in [0.25, 0.3) is 11.0 Å². The molecule has 1 saturated heterocycles. The Morgan fingerprint density at radius 3 is 2.67 bits per heavy atom. The highest BCUT2D eigenvalue weighted by atomic mass is 19.1. The molecular weight excluding hydrogens is 353 g/mol. The molecule has 2 N–H and O–H groups in total. The summed E-state index contributed by atoms with van der Waals surface area (Å²) in [6.45, 7) is 2.69. The van der Waals surface area contributed by atoms with E-state index in [1.54, 1.807) is 16.5 Å². The number of carboxylic acids is 1. The van der Waals surface area contributed by atoms with Gasteiger partial charge in [0.2, 0.25) is 0 Å². The van der Waals surface area contributed by atoms with E-state index in [0.29, 0.717) is 42.7 Å². The number of fused-ring (bicyclic) bond motifs is 1. The summed E-state index contributed by atoms with van der Waals surface area (Å²) in [5, 5.41) is 13.4. The fourth-order valence-corrected chi connectivity index (χ4v) is 3.66. The van der Waals surface area contributed by atoms with Gasteiger partial charge in [-0.3, -0.25) is 9.48 Å². The SMILES string of the molecule is Cc1c(C(=O)O)cnn1C1CCN(C(=O)c2cc(F)cc3[nH]cnc23)CC1. The van der Waals surface area contributed by atoms with Gasteiger partial charge in [-0.1, -0.05) is 0 Å². The van der Waals surface area contributed by atoms with Crippen molar-refractivity contribution in [2.75, 3.05) is 13.1 Å². The van der Waals surface area contributed by atoms with Crippen LogP contribution in [-0.2, 0) is 0 Å². The monoisotopic (exact) mass is 371 g/mol. The number of carbonyl (C=O) groups is 2. The summed E-state index contributed by atoms with van der Waals surface area (Å²) in [6.07, 6.45) is 4.09. The summed E-state index contributed by atoms with van der Waals surface area (Å²) in [4.78, 5) is 32.7. The van der Waals surface area contributed by atoms with E-state index < -0.39 is 11.8 Å². The van der Waals surface area contributed by atoms with Crippen LogP contribution in [-0.4, -0.2) is 54.7 Å². The van der Waals surface area contributed by atoms with Gasteiger partial charge in [-0.25, -0.2) is 14.2 Å². The number of likely N-dealkylation sites (tertiary alicyclic amines) is 1. The number of benzene rings is 1. The summed E-state index contributed by atoms with van der Waals surface area (Å²) in [7, 11) is 0. The van der Waals surface area contributed by atoms with E-state index >= 15 is 0 Å². The summed E-state index contributed by atoms with van der Waals surface area (Å²) in [5.41, 5.74) is 1.98. The van der Waals surface area contributed by atoms with Gasteiger partial charge in [-0.05, 0) is 31.9 Å². The molecule has 0 bridgehead atoms. The Hall–Kier alpha value is -3.23. The minimum Gasteiger partial charge on any atom is -0.478 e. The third kappa shape index (κ3) is 2.94. The maximum absolute atomic E-state index is 13.8. The van der Waals surface area contributed by atoms with Gasteiger partial charge >= 0.3 is 5.97 Å². The number of nitrogens with zero attached hydrogens (tertiary/aromatic N) is 4. The number of nitrogens with one attached hydrogen (secondary N) is 1. The van der Waals surface area contributed by atoms with Crippen LogP contribution in [0, 0.1) is 12.7 Å². The van der Waals surface area contributed by atoms with E-state index in [9.17, 15) is 14.0 Å². The first kappa shape index (κ1) is 17.2. The summed E-state index contributed by atoms with van der Waals surface area (Å²) < 4.78 is 15.5. The second kappa shape index (κ2) is 6.49. The van der Waals surface area contributed by atoms with Gasteiger partial charge in [0.25, 0.3) is 5.91 Å². The topological polar surface area (TPSA) is 104 Å². The van der Waals surface area contributed by atoms with Crippen molar-refractivity contribution in [2.24, 2.45) is 0 Å². The van der Waals surface area contributed by atoms with E-state index in [1.807, 2.05) is 0 Å². The third-order valence-corrected chi connectivity index (χ3v) is 5.09. The maximum Gasteiger partial charge on any atom is 0.339 e. The summed E-state index contributed by atoms with van der Waals surface area (Å²) >= 11 is 0. The molecule has 0 atom stereocenters. The Balaban J connectivity index is 1.51. The molecule has 0 spiro atoms. The number of imidazole rings is 1. The fourth-order valence-electron chi connectivity index (χ4n) is 3.66. The number of hydrogen-bond acceptors (Lipinski definition) is 4. The van der Waals surface area contributed by atoms with Gasteiger partial charge in [0.15, 0.2) is 0 Å². The van der Waals surface area contributed by atoms with Crippen LogP contribution < -0.4 is 0 Å². The first-order valence-electron chi connectivity index (χ1n) is 8.65. The molecule has 1 aromatic carbocycles. The molecule has 140 valence electrons. The highest BCUT2D eigenvalue weighted by Gasteiger charge is 2.28. The van der Waals surface area contributed by atoms with Crippen LogP contribution >= 0.6 is 0 Å². The molecule has 0 unspecified atom stereocenters. The summed E-state index contributed by atoms with van der Waals surface area (Å²) in [6, 6.07) is 2.56. The predicted octanol–water partition coefficient (Wildman–Crippen LogP) is 2.38. The van der Waals surface area contributed by atoms with E-state index in [2.05, 4.69) is 15.1 Å². The average molecular weight is 371 g/mol. The fraction of sp³-hybridized carbons (Fsp3) is 0.333. The van der Waals surface area contributed by atoms with Crippen molar-refractivity contribution in [3.05, 3.63) is 47.3 Å². The quantitative estimate of drug-likeness (QED) is 0.736. The van der Waals surface area contributed by atoms with Crippen molar-refractivity contribution >= 4 is 22.9 Å². The standard InChI is InChI=1S/C18H18FN5O3/c1-10-14(18(26)27)8-22-24(10)12-2-4-23(5-3-12)17(25)13-6-11(19)7-15-16(13)21-9-20-15/h6-9,12H,2-5H2,1H3,(H,20,21)(H,26,27). The van der Waals surface area contributed by atoms with Crippen molar-refractivity contribution < 1.29 is 19.1 Å². The number of hydrogen-bond donors (Lipinski definition) is 2. The molecule has 27 heavy (non-hydrogen) atoms. The van der Waals surface area contributed by atoms with Crippen molar-refractivity contribution in [1.29, 1.82) is 0 Å². The number of aromatic amines is 1. The van der Waals surface area contributed by atoms with Crippen molar-refractivity contribution in [3.63, 3.8) is 0 Å². The van der Waals surface area contributed by atoms with E-state index in [0.717, 1.165) is 0 Å². The smallest absolute Gasteiger partial charge is 0.339 e. The van der Waals surface area contributed by atoms with Gasteiger partial charge in [0, 0.05) is 13.1 Å². The molecule has 1 amide bonds. The van der Waals surface area contributed by atoms with Crippen LogP contribution in [0.4, 0.5) is 4.39 Å². The van der Waals surface area contributed by atoms with Gasteiger partial charge in [0.1, 0.15) is 16.9 Å². The van der Waals surface area contributed by atoms with Gasteiger partial charge in [0.05, 0.1) is 35.3 Å². The number of aromatic nitrogens is 4. The van der Waals surface area contributed by atoms with Gasteiger partial charge in [-0.15, -0.1) is 0 Å². The van der Waals surface area contributed by atoms with Crippen molar-refractivity contribution in [1.82, 2.24) is 24.6 Å². The average Bonchev–Trinajstić information content (AvgIpc) is 3.27. The van der Waals surface area contributed by atoms with Crippen LogP contribution in [0.2, 0.25) is 0 Å². The van der Waals surface area contributed by atoms with Crippen molar-refractivity contribution in [3.8, 4) is 0 Å². The van der Waals surface area contributed by atoms with Crippen molar-refractivity contribution in [2.45, 2.75) is 25.8 Å². The van der Waals surface area contributed by atoms with Gasteiger partial charge in [-0.2, -0.15) is 5.10 Å². The number of H-pyrrole nitrogens is 1. The third-order valence-electron chi connectivity index (χ3n) is 5.09. The molecule has 0 saturated carbocycles. The molecule has 0 radical (unpaired) electrons. The summed E-state index contributed by atoms with van der Waals surface area (Å²) in [5.74, 6) is -1.74. The zero-order chi connectivity index (χ0) is 19.1. The number of aromatic carboxylic acids is 1. The van der Waals surface area contributed by atoms with Crippen LogP contribution in [0.5, 0.6) is 0 Å². The lowest BCUT2D eigenvalue weighted by atomic mass is 10.0. The van der Waals surface area contributed by atoms with Crippen LogP contribution in [0.3, 0.4) is 0 Å². The van der Waals surface area contributed by atoms with Gasteiger partial charge < -0.3 is 15.0 Å². The molecule has 1 fully saturated rings. The second-order valence-electron chi connectivity index (χ2n) is 6.67. The van der Waals surface area contributed by atoms with E-state index in [1.165, 1.54) is 24.7 Å². The number of halogens is 1. The maximum atomic E-state index is 13.8. The number of carboxylic acid groups (broad SMARTS) is 1. The molecule has 9 heteroatoms. The first-order chi connectivity index (χ1) is 13.0. The number of piperidine rings is 1. The lowest BCUT2D eigenvalue weighted by Gasteiger charge is -2.32. The Kier molecular flexibility index (Phi) is 4.14. The van der Waals surface area contributed by atoms with E-state index in [-0.39, 0.29) is 23.1 Å². The first-order valence-corrected chi connectivity index (χ1v) is 8.65. The lowest BCUT2D eigenvalue weighted by molar-refractivity contribution is 0.0689. The molecule has 4 rings (SSSR count). The normalized spacial score (nSPS) is 15.4. The minimum atomic E-state index is -1.000. The van der Waals surface area contributed by atoms with Crippen LogP contribution in [0.15, 0.2) is 24.7 Å². The Morgan fingerprint density at radius 2 is 2.00 bits per heavy atom. The highest BCUT2D eigenvalue weighted by Crippen LogP contribution is 2.27. The zero-order valence-corrected chi connectivity index (χ0v) is 14.6. The number of amides is 1. The lowest BCUT2D eigenvalue weighted by Crippen LogP contribution is -2.39. The molecule has 3 aromatic rings. The molecule has 1 aliphatic heterocycles. The highest BCUT2D eigenvalue weighted by molar-refractivity contribution is 6.04. The molecule has 2 aromatic heterocycles. The molecule has 8 nitrogen and oxygen atoms in total. The van der Waals surface area contributed by atoms with Crippen LogP contribution in [0.1, 0.15) is 45.3 Å². The van der Waals surface area contributed by atoms with E-state index in [4.69, 9.17) is 5.11 Å². The largest absolute Gasteiger partial charge is 0.478 e.